The van der Waals surface area contributed by atoms with Crippen molar-refractivity contribution < 1.29 is 9.53 Å². The third-order valence-corrected chi connectivity index (χ3v) is 6.11. The average Bonchev–Trinajstić information content (AvgIpc) is 3.08. The molecule has 8 nitrogen and oxygen atoms in total. The molecule has 4 rings (SSSR count). The standard InChI is InChI=1S/C18H21N5O3S/c1-23(9-6-4-3-5-7-9)11-8-10-12(15-13(11)22-18(19)27-15)21-16(24)14(20-10)17(25)26-2/h8-9H,3-7H2,1-2H3,(H2,19,22)(H,21,24). The first-order chi connectivity index (χ1) is 13.0. The third-order valence-electron chi connectivity index (χ3n) is 5.21. The van der Waals surface area contributed by atoms with Gasteiger partial charge in [0.2, 0.25) is 5.69 Å². The number of nitrogen functional groups attached to an aromatic ring is 1. The van der Waals surface area contributed by atoms with Crippen molar-refractivity contribution in [3.05, 3.63) is 22.1 Å². The lowest BCUT2D eigenvalue weighted by Gasteiger charge is -2.33. The van der Waals surface area contributed by atoms with Crippen LogP contribution in [-0.2, 0) is 4.74 Å². The van der Waals surface area contributed by atoms with Crippen LogP contribution in [0.4, 0.5) is 10.8 Å². The van der Waals surface area contributed by atoms with Crippen LogP contribution in [-0.4, -0.2) is 41.1 Å². The van der Waals surface area contributed by atoms with Crippen LogP contribution in [0, 0.1) is 0 Å². The van der Waals surface area contributed by atoms with E-state index in [1.165, 1.54) is 37.7 Å². The van der Waals surface area contributed by atoms with Crippen molar-refractivity contribution in [2.24, 2.45) is 0 Å². The normalized spacial score (nSPS) is 15.3. The minimum atomic E-state index is -0.760. The maximum absolute atomic E-state index is 12.3. The van der Waals surface area contributed by atoms with Crippen molar-refractivity contribution in [1.82, 2.24) is 15.0 Å². The molecule has 3 aromatic rings. The summed E-state index contributed by atoms with van der Waals surface area (Å²) in [4.78, 5) is 37.9. The molecule has 9 heteroatoms. The summed E-state index contributed by atoms with van der Waals surface area (Å²) in [5, 5.41) is 0.425. The quantitative estimate of drug-likeness (QED) is 0.664. The number of thiazole rings is 1. The first kappa shape index (κ1) is 17.7. The molecule has 142 valence electrons. The van der Waals surface area contributed by atoms with Gasteiger partial charge in [0, 0.05) is 13.1 Å². The monoisotopic (exact) mass is 387 g/mol. The second-order valence-corrected chi connectivity index (χ2v) is 7.86. The van der Waals surface area contributed by atoms with Gasteiger partial charge in [0.05, 0.1) is 28.5 Å². The van der Waals surface area contributed by atoms with Gasteiger partial charge in [0.15, 0.2) is 5.13 Å². The van der Waals surface area contributed by atoms with E-state index in [2.05, 4.69) is 31.6 Å². The van der Waals surface area contributed by atoms with E-state index >= 15 is 0 Å². The highest BCUT2D eigenvalue weighted by atomic mass is 32.1. The Kier molecular flexibility index (Phi) is 4.47. The molecule has 1 fully saturated rings. The average molecular weight is 387 g/mol. The molecule has 0 radical (unpaired) electrons. The number of anilines is 2. The third kappa shape index (κ3) is 3.01. The molecular formula is C18H21N5O3S. The lowest BCUT2D eigenvalue weighted by Crippen LogP contribution is -2.33. The number of ether oxygens (including phenoxy) is 1. The number of rotatable bonds is 3. The number of carbonyl (C=O) groups is 1. The van der Waals surface area contributed by atoms with Crippen LogP contribution < -0.4 is 16.2 Å². The second-order valence-electron chi connectivity index (χ2n) is 6.83. The number of aromatic amines is 1. The molecular weight excluding hydrogens is 366 g/mol. The molecule has 27 heavy (non-hydrogen) atoms. The smallest absolute Gasteiger partial charge is 0.362 e. The number of hydrogen-bond acceptors (Lipinski definition) is 8. The summed E-state index contributed by atoms with van der Waals surface area (Å²) >= 11 is 1.30. The van der Waals surface area contributed by atoms with E-state index in [0.29, 0.717) is 22.2 Å². The van der Waals surface area contributed by atoms with Crippen LogP contribution in [0.25, 0.3) is 21.3 Å². The van der Waals surface area contributed by atoms with Gasteiger partial charge in [-0.2, -0.15) is 0 Å². The summed E-state index contributed by atoms with van der Waals surface area (Å²) in [6.45, 7) is 0. The number of nitrogens with zero attached hydrogens (tertiary/aromatic N) is 3. The van der Waals surface area contributed by atoms with Gasteiger partial charge in [-0.05, 0) is 18.9 Å². The number of H-pyrrole nitrogens is 1. The lowest BCUT2D eigenvalue weighted by atomic mass is 9.94. The molecule has 1 aliphatic rings. The number of carbonyl (C=O) groups excluding carboxylic acids is 1. The van der Waals surface area contributed by atoms with Crippen LogP contribution in [0.5, 0.6) is 0 Å². The maximum atomic E-state index is 12.3. The molecule has 3 N–H and O–H groups in total. The largest absolute Gasteiger partial charge is 0.464 e. The van der Waals surface area contributed by atoms with Gasteiger partial charge in [-0.1, -0.05) is 30.6 Å². The number of hydrogen-bond donors (Lipinski definition) is 2. The molecule has 0 unspecified atom stereocenters. The topological polar surface area (TPSA) is 114 Å². The van der Waals surface area contributed by atoms with E-state index in [-0.39, 0.29) is 5.69 Å². The predicted octanol–water partition coefficient (Wildman–Crippen LogP) is 2.67. The fraction of sp³-hybridized carbons (Fsp3) is 0.444. The zero-order valence-electron chi connectivity index (χ0n) is 15.2. The van der Waals surface area contributed by atoms with Crippen LogP contribution in [0.15, 0.2) is 10.9 Å². The zero-order chi connectivity index (χ0) is 19.1. The first-order valence-electron chi connectivity index (χ1n) is 8.93. The van der Waals surface area contributed by atoms with Gasteiger partial charge in [-0.25, -0.2) is 14.8 Å². The van der Waals surface area contributed by atoms with Gasteiger partial charge in [0.25, 0.3) is 5.56 Å². The Morgan fingerprint density at radius 1 is 1.33 bits per heavy atom. The van der Waals surface area contributed by atoms with Gasteiger partial charge in [-0.15, -0.1) is 0 Å². The van der Waals surface area contributed by atoms with E-state index in [1.54, 1.807) is 0 Å². The summed E-state index contributed by atoms with van der Waals surface area (Å²) < 4.78 is 5.44. The highest BCUT2D eigenvalue weighted by molar-refractivity contribution is 7.23. The number of methoxy groups -OCH3 is 1. The number of esters is 1. The van der Waals surface area contributed by atoms with E-state index in [4.69, 9.17) is 5.73 Å². The van der Waals surface area contributed by atoms with Crippen LogP contribution in [0.1, 0.15) is 42.6 Å². The number of nitrogens with two attached hydrogens (primary N) is 1. The molecule has 0 atom stereocenters. The Labute approximate surface area is 159 Å². The molecule has 0 aliphatic heterocycles. The Balaban J connectivity index is 1.95. The number of fused-ring (bicyclic) bond motifs is 3. The summed E-state index contributed by atoms with van der Waals surface area (Å²) in [5.41, 5.74) is 7.84. The summed E-state index contributed by atoms with van der Waals surface area (Å²) in [7, 11) is 3.28. The predicted molar refractivity (Wildman–Crippen MR) is 107 cm³/mol. The van der Waals surface area contributed by atoms with E-state index in [0.717, 1.165) is 28.7 Å². The minimum Gasteiger partial charge on any atom is -0.464 e. The highest BCUT2D eigenvalue weighted by Crippen LogP contribution is 2.38. The fourth-order valence-electron chi connectivity index (χ4n) is 3.79. The van der Waals surface area contributed by atoms with Crippen LogP contribution in [0.2, 0.25) is 0 Å². The van der Waals surface area contributed by atoms with Crippen molar-refractivity contribution in [2.45, 2.75) is 38.1 Å². The molecule has 2 heterocycles. The highest BCUT2D eigenvalue weighted by Gasteiger charge is 2.24. The van der Waals surface area contributed by atoms with Gasteiger partial charge in [0.1, 0.15) is 5.52 Å². The molecule has 0 saturated heterocycles. The summed E-state index contributed by atoms with van der Waals surface area (Å²) in [6, 6.07) is 2.29. The minimum absolute atomic E-state index is 0.256. The SMILES string of the molecule is COC(=O)c1nc2cc(N(C)C3CCCCC3)c3nc(N)sc3c2[nH]c1=O. The van der Waals surface area contributed by atoms with Crippen molar-refractivity contribution in [3.8, 4) is 0 Å². The van der Waals surface area contributed by atoms with Crippen molar-refractivity contribution in [2.75, 3.05) is 24.8 Å². The molecule has 0 spiro atoms. The summed E-state index contributed by atoms with van der Waals surface area (Å²) in [6.07, 6.45) is 5.95. The lowest BCUT2D eigenvalue weighted by molar-refractivity contribution is 0.0592. The van der Waals surface area contributed by atoms with Gasteiger partial charge >= 0.3 is 5.97 Å². The number of aromatic nitrogens is 3. The summed E-state index contributed by atoms with van der Waals surface area (Å²) in [5.74, 6) is -0.760. The Morgan fingerprint density at radius 3 is 2.78 bits per heavy atom. The van der Waals surface area contributed by atoms with E-state index < -0.39 is 11.5 Å². The van der Waals surface area contributed by atoms with E-state index in [9.17, 15) is 9.59 Å². The van der Waals surface area contributed by atoms with Crippen LogP contribution in [0.3, 0.4) is 0 Å². The second kappa shape index (κ2) is 6.80. The van der Waals surface area contributed by atoms with Crippen LogP contribution >= 0.6 is 11.3 Å². The zero-order valence-corrected chi connectivity index (χ0v) is 16.1. The molecule has 1 saturated carbocycles. The maximum Gasteiger partial charge on any atom is 0.362 e. The Hall–Kier alpha value is -2.68. The first-order valence-corrected chi connectivity index (χ1v) is 9.75. The Morgan fingerprint density at radius 2 is 2.07 bits per heavy atom. The number of benzene rings is 1. The van der Waals surface area contributed by atoms with Gasteiger partial charge in [-0.3, -0.25) is 4.79 Å². The van der Waals surface area contributed by atoms with Crippen molar-refractivity contribution >= 4 is 49.4 Å². The van der Waals surface area contributed by atoms with E-state index in [1.807, 2.05) is 6.07 Å². The molecule has 0 bridgehead atoms. The molecule has 0 amide bonds. The fourth-order valence-corrected chi connectivity index (χ4v) is 4.64. The van der Waals surface area contributed by atoms with Gasteiger partial charge < -0.3 is 20.4 Å². The van der Waals surface area contributed by atoms with Crippen molar-refractivity contribution in [1.29, 1.82) is 0 Å². The Bertz CT molecular complexity index is 1080. The number of nitrogens with one attached hydrogen (secondary N) is 1. The van der Waals surface area contributed by atoms with Crippen molar-refractivity contribution in [3.63, 3.8) is 0 Å². The molecule has 1 aromatic carbocycles. The molecule has 2 aromatic heterocycles. The molecule has 1 aliphatic carbocycles.